The van der Waals surface area contributed by atoms with Gasteiger partial charge in [0.2, 0.25) is 0 Å². The molecule has 0 atom stereocenters. The van der Waals surface area contributed by atoms with Crippen LogP contribution in [0.1, 0.15) is 0 Å². The number of fused-ring (bicyclic) bond motifs is 7. The van der Waals surface area contributed by atoms with E-state index in [4.69, 9.17) is 0 Å². The van der Waals surface area contributed by atoms with Crippen LogP contribution in [0.4, 0.5) is 34.1 Å². The fraction of sp³-hybridized carbons (Fsp3) is 0. The Morgan fingerprint density at radius 3 is 1.10 bits per heavy atom. The van der Waals surface area contributed by atoms with Gasteiger partial charge in [0, 0.05) is 50.5 Å². The highest BCUT2D eigenvalue weighted by atomic mass is 28.3. The van der Waals surface area contributed by atoms with E-state index < -0.39 is 16.1 Å². The molecule has 6 heteroatoms. The number of hydrogen-bond acceptors (Lipinski definition) is 2. The van der Waals surface area contributed by atoms with Gasteiger partial charge in [0.25, 0.3) is 6.71 Å². The number of para-hydroxylation sites is 4. The Labute approximate surface area is 528 Å². The average molecular weight is 1180 g/mol. The number of benzene rings is 14. The van der Waals surface area contributed by atoms with Crippen LogP contribution < -0.4 is 67.7 Å². The zero-order valence-corrected chi connectivity index (χ0v) is 51.6. The number of aromatic nitrogens is 1. The molecule has 17 rings (SSSR count). The molecule has 0 aliphatic carbocycles. The molecule has 0 N–H and O–H groups in total. The third-order valence-electron chi connectivity index (χ3n) is 19.2. The lowest BCUT2D eigenvalue weighted by molar-refractivity contribution is 1.16. The van der Waals surface area contributed by atoms with Gasteiger partial charge in [-0.05, 0) is 118 Å². The van der Waals surface area contributed by atoms with E-state index in [1.54, 1.807) is 0 Å². The molecule has 2 aliphatic rings. The summed E-state index contributed by atoms with van der Waals surface area (Å²) in [4.78, 5) is 5.22. The number of hydrogen-bond donors (Lipinski definition) is 0. The number of nitrogens with zero attached hydrogens (tertiary/aromatic N) is 3. The molecule has 15 aromatic rings. The predicted molar refractivity (Wildman–Crippen MR) is 387 cm³/mol. The first kappa shape index (κ1) is 53.2. The molecule has 1 aromatic heterocycles. The van der Waals surface area contributed by atoms with Gasteiger partial charge in [-0.3, -0.25) is 0 Å². The molecule has 3 heterocycles. The van der Waals surface area contributed by atoms with E-state index >= 15 is 0 Å². The fourth-order valence-electron chi connectivity index (χ4n) is 15.6. The topological polar surface area (TPSA) is 11.4 Å². The molecule has 0 saturated carbocycles. The Morgan fingerprint density at radius 1 is 0.244 bits per heavy atom. The molecular weight excluding hydrogens is 1120 g/mol. The summed E-state index contributed by atoms with van der Waals surface area (Å²) < 4.78 is 2.51. The van der Waals surface area contributed by atoms with Crippen LogP contribution >= 0.6 is 0 Å². The minimum Gasteiger partial charge on any atom is -0.311 e. The number of rotatable bonds is 12. The highest BCUT2D eigenvalue weighted by Crippen LogP contribution is 2.48. The summed E-state index contributed by atoms with van der Waals surface area (Å²) in [6.07, 6.45) is 0. The van der Waals surface area contributed by atoms with Crippen LogP contribution in [0.25, 0.3) is 38.6 Å². The molecule has 0 fully saturated rings. The van der Waals surface area contributed by atoms with Crippen molar-refractivity contribution >= 4 is 137 Å². The summed E-state index contributed by atoms with van der Waals surface area (Å²) in [5.74, 6) is 0. The SMILES string of the molecule is c1ccc(-c2cccc3c2N(c2ccc([Si](c4ccccc4)(c4ccccc4)c4ccccc4)cc2)c2cc(-n4c5ccccc5c5ccccc54)cc4c2B3c2cc([Si](c3ccccc3)(c3ccccc3)c3ccccc3)ccc2N4c2ccccc2)cc1. The molecular formula is C84H60BN3Si2. The lowest BCUT2D eigenvalue weighted by Gasteiger charge is -2.46. The van der Waals surface area contributed by atoms with Gasteiger partial charge in [-0.2, -0.15) is 0 Å². The zero-order valence-electron chi connectivity index (χ0n) is 49.6. The van der Waals surface area contributed by atoms with Crippen molar-refractivity contribution in [3.63, 3.8) is 0 Å². The highest BCUT2D eigenvalue weighted by molar-refractivity contribution is 7.20. The van der Waals surface area contributed by atoms with Crippen LogP contribution in [0.3, 0.4) is 0 Å². The first-order valence-electron chi connectivity index (χ1n) is 31.3. The third-order valence-corrected chi connectivity index (χ3v) is 28.8. The standard InChI is InChI=1S/C84H60BN3Si2/c1-9-30-61(31-10-1)73-48-29-49-76-84(73)88(63-52-54-71(55-53-63)89(65-34-13-3-14-35-65,66-36-15-4-16-37-66)67-38-17-5-18-39-67)82-59-64(87-78-50-27-25-46-74(78)75-47-26-28-51-79(75)87)58-81-83(82)85(76)77-60-72(56-57-80(77)86(81)62-32-11-2-12-33-62)90(68-40-19-6-20-41-68,69-42-21-7-22-43-69)70-44-23-8-24-45-70/h1-60H. The minimum atomic E-state index is -3.03. The van der Waals surface area contributed by atoms with Crippen LogP contribution in [-0.2, 0) is 0 Å². The van der Waals surface area contributed by atoms with Gasteiger partial charge >= 0.3 is 0 Å². The summed E-state index contributed by atoms with van der Waals surface area (Å²) >= 11 is 0. The van der Waals surface area contributed by atoms with Gasteiger partial charge in [0.05, 0.1) is 16.7 Å². The van der Waals surface area contributed by atoms with Gasteiger partial charge in [0.1, 0.15) is 0 Å². The minimum absolute atomic E-state index is 0.186. The van der Waals surface area contributed by atoms with Crippen molar-refractivity contribution in [1.29, 1.82) is 0 Å². The van der Waals surface area contributed by atoms with Gasteiger partial charge in [-0.25, -0.2) is 0 Å². The van der Waals surface area contributed by atoms with Crippen LogP contribution in [-0.4, -0.2) is 27.4 Å². The smallest absolute Gasteiger partial charge is 0.252 e. The predicted octanol–water partition coefficient (Wildman–Crippen LogP) is 13.3. The lowest BCUT2D eigenvalue weighted by atomic mass is 9.33. The quantitative estimate of drug-likeness (QED) is 0.0892. The van der Waals surface area contributed by atoms with E-state index in [9.17, 15) is 0 Å². The second-order valence-corrected chi connectivity index (χ2v) is 31.5. The van der Waals surface area contributed by atoms with E-state index in [2.05, 4.69) is 378 Å². The van der Waals surface area contributed by atoms with Gasteiger partial charge in [-0.15, -0.1) is 0 Å². The molecule has 14 aromatic carbocycles. The van der Waals surface area contributed by atoms with Crippen LogP contribution in [0, 0.1) is 0 Å². The summed E-state index contributed by atoms with van der Waals surface area (Å²) in [7, 11) is -5.93. The maximum atomic E-state index is 2.65. The molecule has 0 unspecified atom stereocenters. The first-order valence-corrected chi connectivity index (χ1v) is 35.3. The molecule has 0 amide bonds. The molecule has 0 bridgehead atoms. The maximum absolute atomic E-state index is 3.03. The normalized spacial score (nSPS) is 12.6. The van der Waals surface area contributed by atoms with Gasteiger partial charge in [-0.1, -0.05) is 309 Å². The molecule has 90 heavy (non-hydrogen) atoms. The summed E-state index contributed by atoms with van der Waals surface area (Å²) in [6, 6.07) is 137. The molecule has 0 spiro atoms. The van der Waals surface area contributed by atoms with E-state index in [1.165, 1.54) is 102 Å². The van der Waals surface area contributed by atoms with Gasteiger partial charge in [0.15, 0.2) is 16.1 Å². The Morgan fingerprint density at radius 2 is 0.622 bits per heavy atom. The Bertz CT molecular complexity index is 4860. The Kier molecular flexibility index (Phi) is 13.0. The second-order valence-electron chi connectivity index (χ2n) is 23.8. The monoisotopic (exact) mass is 1180 g/mol. The van der Waals surface area contributed by atoms with Gasteiger partial charge < -0.3 is 14.4 Å². The fourth-order valence-corrected chi connectivity index (χ4v) is 25.1. The van der Waals surface area contributed by atoms with E-state index in [1.807, 2.05) is 0 Å². The van der Waals surface area contributed by atoms with E-state index in [-0.39, 0.29) is 6.71 Å². The van der Waals surface area contributed by atoms with E-state index in [0.29, 0.717) is 0 Å². The largest absolute Gasteiger partial charge is 0.311 e. The van der Waals surface area contributed by atoms with Crippen LogP contribution in [0.5, 0.6) is 0 Å². The average Bonchev–Trinajstić information content (AvgIpc) is 0.743. The van der Waals surface area contributed by atoms with Crippen molar-refractivity contribution in [1.82, 2.24) is 4.57 Å². The first-order chi connectivity index (χ1) is 44.7. The lowest BCUT2D eigenvalue weighted by Crippen LogP contribution is -2.75. The van der Waals surface area contributed by atoms with Crippen molar-refractivity contribution in [2.24, 2.45) is 0 Å². The van der Waals surface area contributed by atoms with Crippen LogP contribution in [0.15, 0.2) is 364 Å². The van der Waals surface area contributed by atoms with Crippen molar-refractivity contribution in [3.05, 3.63) is 364 Å². The highest BCUT2D eigenvalue weighted by Gasteiger charge is 2.48. The van der Waals surface area contributed by atoms with Crippen molar-refractivity contribution in [2.45, 2.75) is 0 Å². The Balaban J connectivity index is 0.997. The van der Waals surface area contributed by atoms with Crippen molar-refractivity contribution < 1.29 is 0 Å². The summed E-state index contributed by atoms with van der Waals surface area (Å²) in [5.41, 5.74) is 16.4. The maximum Gasteiger partial charge on any atom is 0.252 e. The molecule has 3 nitrogen and oxygen atoms in total. The van der Waals surface area contributed by atoms with Crippen LogP contribution in [0.2, 0.25) is 0 Å². The summed E-state index contributed by atoms with van der Waals surface area (Å²) in [6.45, 7) is -0.186. The molecule has 2 aliphatic heterocycles. The second kappa shape index (κ2) is 22.0. The molecule has 0 radical (unpaired) electrons. The third kappa shape index (κ3) is 8.26. The zero-order chi connectivity index (χ0) is 59.6. The number of anilines is 6. The molecule has 422 valence electrons. The summed E-state index contributed by atoms with van der Waals surface area (Å²) in [5, 5.41) is 13.2. The van der Waals surface area contributed by atoms with Crippen molar-refractivity contribution in [3.8, 4) is 16.8 Å². The van der Waals surface area contributed by atoms with Crippen molar-refractivity contribution in [2.75, 3.05) is 9.80 Å². The molecule has 0 saturated heterocycles. The van der Waals surface area contributed by atoms with E-state index in [0.717, 1.165) is 28.4 Å². The Hall–Kier alpha value is -11.0.